The molecule has 0 radical (unpaired) electrons. The standard InChI is InChI=1S/C18H17NO2.C13H10O/c1-4-19-17-7-5-13(11(2)20)9-15(17)16-10-14(12(3)21)6-8-18(16)19;14-13(11-7-3-1-4-8-11)12-9-5-2-6-10-12/h5-10H,4H2,1-3H3;1-10H. The molecule has 0 aliphatic heterocycles. The number of aromatic nitrogens is 1. The van der Waals surface area contributed by atoms with Gasteiger partial charge in [0.25, 0.3) is 0 Å². The van der Waals surface area contributed by atoms with Gasteiger partial charge in [-0.25, -0.2) is 0 Å². The lowest BCUT2D eigenvalue weighted by atomic mass is 10.0. The summed E-state index contributed by atoms with van der Waals surface area (Å²) in [5.74, 6) is 0.181. The number of benzene rings is 4. The Kier molecular flexibility index (Phi) is 7.02. The molecular weight excluding hydrogens is 434 g/mol. The van der Waals surface area contributed by atoms with Crippen LogP contribution < -0.4 is 0 Å². The first kappa shape index (κ1) is 23.8. The number of carbonyl (C=O) groups excluding carboxylic acids is 3. The Morgan fingerprint density at radius 2 is 0.971 bits per heavy atom. The van der Waals surface area contributed by atoms with Crippen LogP contribution >= 0.6 is 0 Å². The van der Waals surface area contributed by atoms with E-state index in [1.807, 2.05) is 97.1 Å². The zero-order valence-electron chi connectivity index (χ0n) is 20.1. The number of aryl methyl sites for hydroxylation is 1. The van der Waals surface area contributed by atoms with Crippen LogP contribution in [0.3, 0.4) is 0 Å². The van der Waals surface area contributed by atoms with Gasteiger partial charge >= 0.3 is 0 Å². The average molecular weight is 462 g/mol. The minimum Gasteiger partial charge on any atom is -0.341 e. The Morgan fingerprint density at radius 3 is 1.31 bits per heavy atom. The molecule has 0 unspecified atom stereocenters. The van der Waals surface area contributed by atoms with Crippen LogP contribution in [0.15, 0.2) is 97.1 Å². The summed E-state index contributed by atoms with van der Waals surface area (Å²) in [7, 11) is 0. The van der Waals surface area contributed by atoms with Crippen LogP contribution in [0.5, 0.6) is 0 Å². The largest absolute Gasteiger partial charge is 0.341 e. The number of ketones is 3. The lowest BCUT2D eigenvalue weighted by Gasteiger charge is -2.03. The van der Waals surface area contributed by atoms with E-state index in [-0.39, 0.29) is 17.3 Å². The predicted octanol–water partition coefficient (Wildman–Crippen LogP) is 7.14. The SMILES string of the molecule is CCn1c2ccc(C(C)=O)cc2c2cc(C(C)=O)ccc21.O=C(c1ccccc1)c1ccccc1. The van der Waals surface area contributed by atoms with Crippen molar-refractivity contribution in [1.82, 2.24) is 4.57 Å². The van der Waals surface area contributed by atoms with Gasteiger partial charge in [-0.2, -0.15) is 0 Å². The zero-order chi connectivity index (χ0) is 24.9. The summed E-state index contributed by atoms with van der Waals surface area (Å²) < 4.78 is 2.21. The van der Waals surface area contributed by atoms with Gasteiger partial charge in [-0.05, 0) is 57.2 Å². The smallest absolute Gasteiger partial charge is 0.193 e. The van der Waals surface area contributed by atoms with Crippen LogP contribution in [-0.4, -0.2) is 21.9 Å². The molecule has 0 saturated heterocycles. The van der Waals surface area contributed by atoms with Gasteiger partial charge in [0.1, 0.15) is 0 Å². The van der Waals surface area contributed by atoms with Crippen LogP contribution in [0, 0.1) is 0 Å². The predicted molar refractivity (Wildman–Crippen MR) is 141 cm³/mol. The lowest BCUT2D eigenvalue weighted by molar-refractivity contribution is 0.100. The molecule has 0 aliphatic rings. The Labute approximate surface area is 204 Å². The molecule has 1 aromatic heterocycles. The molecule has 5 rings (SSSR count). The molecule has 0 N–H and O–H groups in total. The third-order valence-corrected chi connectivity index (χ3v) is 6.07. The molecule has 174 valence electrons. The third kappa shape index (κ3) is 4.97. The van der Waals surface area contributed by atoms with E-state index in [4.69, 9.17) is 0 Å². The van der Waals surface area contributed by atoms with Crippen molar-refractivity contribution < 1.29 is 14.4 Å². The van der Waals surface area contributed by atoms with Crippen molar-refractivity contribution in [3.8, 4) is 0 Å². The summed E-state index contributed by atoms with van der Waals surface area (Å²) in [6.45, 7) is 6.08. The maximum absolute atomic E-state index is 11.8. The Hall–Kier alpha value is -4.31. The van der Waals surface area contributed by atoms with Crippen LogP contribution in [0.4, 0.5) is 0 Å². The van der Waals surface area contributed by atoms with E-state index in [1.165, 1.54) is 0 Å². The second kappa shape index (κ2) is 10.3. The number of hydrogen-bond donors (Lipinski definition) is 0. The Morgan fingerprint density at radius 1 is 0.571 bits per heavy atom. The quantitative estimate of drug-likeness (QED) is 0.261. The fourth-order valence-electron chi connectivity index (χ4n) is 4.23. The van der Waals surface area contributed by atoms with E-state index in [2.05, 4.69) is 11.5 Å². The number of Topliss-reactive ketones (excluding diaryl/α,β-unsaturated/α-hetero) is 2. The van der Waals surface area contributed by atoms with Crippen molar-refractivity contribution in [2.24, 2.45) is 0 Å². The van der Waals surface area contributed by atoms with E-state index < -0.39 is 0 Å². The van der Waals surface area contributed by atoms with Gasteiger partial charge in [0.2, 0.25) is 0 Å². The molecule has 0 aliphatic carbocycles. The first-order valence-corrected chi connectivity index (χ1v) is 11.6. The molecule has 4 nitrogen and oxygen atoms in total. The molecule has 0 bridgehead atoms. The fourth-order valence-corrected chi connectivity index (χ4v) is 4.23. The highest BCUT2D eigenvalue weighted by molar-refractivity contribution is 6.12. The maximum atomic E-state index is 11.8. The highest BCUT2D eigenvalue weighted by Gasteiger charge is 2.13. The van der Waals surface area contributed by atoms with Crippen molar-refractivity contribution >= 4 is 39.2 Å². The monoisotopic (exact) mass is 461 g/mol. The average Bonchev–Trinajstić information content (AvgIpc) is 3.21. The van der Waals surface area contributed by atoms with E-state index in [1.54, 1.807) is 13.8 Å². The molecule has 0 saturated carbocycles. The molecule has 5 aromatic rings. The molecule has 4 heteroatoms. The molecular formula is C31H27NO3. The summed E-state index contributed by atoms with van der Waals surface area (Å²) in [5, 5.41) is 2.06. The minimum absolute atomic E-state index is 0.0528. The third-order valence-electron chi connectivity index (χ3n) is 6.07. The van der Waals surface area contributed by atoms with Crippen molar-refractivity contribution in [2.45, 2.75) is 27.3 Å². The maximum Gasteiger partial charge on any atom is 0.193 e. The van der Waals surface area contributed by atoms with E-state index >= 15 is 0 Å². The van der Waals surface area contributed by atoms with Gasteiger partial charge in [-0.15, -0.1) is 0 Å². The molecule has 0 fully saturated rings. The van der Waals surface area contributed by atoms with Crippen molar-refractivity contribution in [3.05, 3.63) is 119 Å². The summed E-state index contributed by atoms with van der Waals surface area (Å²) in [6, 6.07) is 30.2. The van der Waals surface area contributed by atoms with Crippen molar-refractivity contribution in [1.29, 1.82) is 0 Å². The second-order valence-corrected chi connectivity index (χ2v) is 8.38. The number of carbonyl (C=O) groups is 3. The van der Waals surface area contributed by atoms with Gasteiger partial charge < -0.3 is 4.57 Å². The van der Waals surface area contributed by atoms with Crippen molar-refractivity contribution in [3.63, 3.8) is 0 Å². The highest BCUT2D eigenvalue weighted by atomic mass is 16.1. The van der Waals surface area contributed by atoms with E-state index in [9.17, 15) is 14.4 Å². The van der Waals surface area contributed by atoms with Crippen LogP contribution in [0.2, 0.25) is 0 Å². The molecule has 0 spiro atoms. The molecule has 1 heterocycles. The molecule has 0 atom stereocenters. The Bertz CT molecular complexity index is 1420. The molecule has 4 aromatic carbocycles. The summed E-state index contributed by atoms with van der Waals surface area (Å²) >= 11 is 0. The zero-order valence-corrected chi connectivity index (χ0v) is 20.1. The number of rotatable bonds is 5. The van der Waals surface area contributed by atoms with Gasteiger partial charge in [0.15, 0.2) is 17.3 Å². The Balaban J connectivity index is 0.000000179. The van der Waals surface area contributed by atoms with Crippen LogP contribution in [0.25, 0.3) is 21.8 Å². The first-order valence-electron chi connectivity index (χ1n) is 11.6. The lowest BCUT2D eigenvalue weighted by Crippen LogP contribution is -1.99. The first-order chi connectivity index (χ1) is 16.9. The van der Waals surface area contributed by atoms with Gasteiger partial charge in [-0.1, -0.05) is 60.7 Å². The van der Waals surface area contributed by atoms with Gasteiger partial charge in [0.05, 0.1) is 0 Å². The molecule has 35 heavy (non-hydrogen) atoms. The van der Waals surface area contributed by atoms with Crippen LogP contribution in [-0.2, 0) is 6.54 Å². The normalized spacial score (nSPS) is 10.6. The van der Waals surface area contributed by atoms with Gasteiger partial charge in [-0.3, -0.25) is 14.4 Å². The number of hydrogen-bond acceptors (Lipinski definition) is 3. The fraction of sp³-hybridized carbons (Fsp3) is 0.129. The minimum atomic E-state index is 0.0528. The van der Waals surface area contributed by atoms with Crippen LogP contribution in [0.1, 0.15) is 57.4 Å². The summed E-state index contributed by atoms with van der Waals surface area (Å²) in [4.78, 5) is 35.1. The summed E-state index contributed by atoms with van der Waals surface area (Å²) in [5.41, 5.74) is 5.06. The van der Waals surface area contributed by atoms with E-state index in [0.29, 0.717) is 11.1 Å². The van der Waals surface area contributed by atoms with Gasteiger partial charge in [0, 0.05) is 50.6 Å². The number of nitrogens with zero attached hydrogens (tertiary/aromatic N) is 1. The molecule has 0 amide bonds. The topological polar surface area (TPSA) is 56.1 Å². The highest BCUT2D eigenvalue weighted by Crippen LogP contribution is 2.31. The summed E-state index contributed by atoms with van der Waals surface area (Å²) in [6.07, 6.45) is 0. The second-order valence-electron chi connectivity index (χ2n) is 8.38. The van der Waals surface area contributed by atoms with Crippen molar-refractivity contribution in [2.75, 3.05) is 0 Å². The van der Waals surface area contributed by atoms with E-state index in [0.717, 1.165) is 39.5 Å². The number of fused-ring (bicyclic) bond motifs is 3.